The lowest BCUT2D eigenvalue weighted by molar-refractivity contribution is -0.124. The smallest absolute Gasteiger partial charge is 0.273 e. The molecule has 1 N–H and O–H groups in total. The largest absolute Gasteiger partial charge is 0.410 e. The van der Waals surface area contributed by atoms with Gasteiger partial charge in [-0.1, -0.05) is 41.6 Å². The van der Waals surface area contributed by atoms with Crippen LogP contribution in [0.1, 0.15) is 30.0 Å². The first-order valence-electron chi connectivity index (χ1n) is 8.82. The molecule has 4 rings (SSSR count). The Hall–Kier alpha value is -3.02. The fraction of sp³-hybridized carbons (Fsp3) is 0.238. The Morgan fingerprint density at radius 1 is 1.11 bits per heavy atom. The molecule has 1 atom stereocenters. The second-order valence-corrected chi connectivity index (χ2v) is 6.86. The Labute approximate surface area is 155 Å². The summed E-state index contributed by atoms with van der Waals surface area (Å²) in [5.74, 6) is -1.49. The fourth-order valence-corrected chi connectivity index (χ4v) is 3.46. The van der Waals surface area contributed by atoms with Crippen molar-refractivity contribution in [1.82, 2.24) is 4.90 Å². The maximum atomic E-state index is 14.3. The van der Waals surface area contributed by atoms with Crippen LogP contribution >= 0.6 is 0 Å². The van der Waals surface area contributed by atoms with Gasteiger partial charge >= 0.3 is 0 Å². The van der Waals surface area contributed by atoms with E-state index in [4.69, 9.17) is 0 Å². The first-order chi connectivity index (χ1) is 13.1. The predicted molar refractivity (Wildman–Crippen MR) is 97.2 cm³/mol. The number of carbonyl (C=O) groups is 1. The molecule has 1 saturated carbocycles. The summed E-state index contributed by atoms with van der Waals surface area (Å²) in [6, 6.07) is 12.2. The minimum Gasteiger partial charge on any atom is -0.410 e. The van der Waals surface area contributed by atoms with Crippen LogP contribution in [0.3, 0.4) is 0 Å². The fourth-order valence-electron chi connectivity index (χ4n) is 3.46. The number of carbonyl (C=O) groups excluding carboxylic acids is 1. The van der Waals surface area contributed by atoms with Crippen molar-refractivity contribution in [3.8, 4) is 0 Å². The topological polar surface area (TPSA) is 52.9 Å². The van der Waals surface area contributed by atoms with Crippen LogP contribution in [-0.4, -0.2) is 28.3 Å². The van der Waals surface area contributed by atoms with Gasteiger partial charge in [-0.25, -0.2) is 8.78 Å². The third-order valence-corrected chi connectivity index (χ3v) is 5.00. The number of halogens is 2. The van der Waals surface area contributed by atoms with E-state index in [2.05, 4.69) is 5.16 Å². The molecule has 0 bridgehead atoms. The molecule has 0 unspecified atom stereocenters. The van der Waals surface area contributed by atoms with Crippen LogP contribution in [0.5, 0.6) is 0 Å². The molecule has 0 radical (unpaired) electrons. The van der Waals surface area contributed by atoms with Crippen LogP contribution in [0, 0.1) is 17.6 Å². The second-order valence-electron chi connectivity index (χ2n) is 6.86. The Bertz CT molecular complexity index is 936. The number of hydrogen-bond donors (Lipinski definition) is 1. The van der Waals surface area contributed by atoms with E-state index in [0.29, 0.717) is 5.57 Å². The Balaban J connectivity index is 1.73. The van der Waals surface area contributed by atoms with Crippen LogP contribution in [0.15, 0.2) is 59.8 Å². The van der Waals surface area contributed by atoms with E-state index >= 15 is 0 Å². The molecule has 27 heavy (non-hydrogen) atoms. The molecule has 6 heteroatoms. The molecule has 1 aliphatic heterocycles. The van der Waals surface area contributed by atoms with Crippen molar-refractivity contribution in [2.45, 2.75) is 18.9 Å². The summed E-state index contributed by atoms with van der Waals surface area (Å²) in [7, 11) is 0. The van der Waals surface area contributed by atoms with Gasteiger partial charge in [0.05, 0.1) is 6.04 Å². The normalized spacial score (nSPS) is 19.9. The maximum absolute atomic E-state index is 14.3. The van der Waals surface area contributed by atoms with Gasteiger partial charge in [0, 0.05) is 18.0 Å². The zero-order chi connectivity index (χ0) is 19.0. The van der Waals surface area contributed by atoms with Crippen molar-refractivity contribution in [1.29, 1.82) is 0 Å². The van der Waals surface area contributed by atoms with Gasteiger partial charge in [0.25, 0.3) is 5.91 Å². The molecule has 0 aromatic heterocycles. The number of benzene rings is 2. The van der Waals surface area contributed by atoms with E-state index in [9.17, 15) is 18.8 Å². The van der Waals surface area contributed by atoms with Crippen LogP contribution in [-0.2, 0) is 4.79 Å². The van der Waals surface area contributed by atoms with Gasteiger partial charge in [-0.2, -0.15) is 0 Å². The minimum absolute atomic E-state index is 0.0334. The van der Waals surface area contributed by atoms with E-state index in [0.717, 1.165) is 36.6 Å². The number of amides is 1. The molecule has 138 valence electrons. The van der Waals surface area contributed by atoms with Crippen molar-refractivity contribution in [3.05, 3.63) is 77.4 Å². The zero-order valence-electron chi connectivity index (χ0n) is 14.5. The Morgan fingerprint density at radius 2 is 1.85 bits per heavy atom. The number of oxime groups is 1. The molecule has 1 heterocycles. The third-order valence-electron chi connectivity index (χ3n) is 5.00. The molecule has 0 saturated heterocycles. The maximum Gasteiger partial charge on any atom is 0.273 e. The average molecular weight is 368 g/mol. The Morgan fingerprint density at radius 3 is 2.52 bits per heavy atom. The molecule has 0 spiro atoms. The highest BCUT2D eigenvalue weighted by molar-refractivity contribution is 6.40. The van der Waals surface area contributed by atoms with Gasteiger partial charge in [-0.3, -0.25) is 4.79 Å². The first-order valence-corrected chi connectivity index (χ1v) is 8.82. The summed E-state index contributed by atoms with van der Waals surface area (Å²) in [5, 5.41) is 12.5. The predicted octanol–water partition coefficient (Wildman–Crippen LogP) is 4.17. The van der Waals surface area contributed by atoms with Gasteiger partial charge in [-0.15, -0.1) is 0 Å². The van der Waals surface area contributed by atoms with Crippen molar-refractivity contribution < 1.29 is 18.8 Å². The van der Waals surface area contributed by atoms with E-state index in [1.807, 2.05) is 30.3 Å². The highest BCUT2D eigenvalue weighted by Gasteiger charge is 2.39. The summed E-state index contributed by atoms with van der Waals surface area (Å²) >= 11 is 0. The molecule has 2 aromatic carbocycles. The highest BCUT2D eigenvalue weighted by Crippen LogP contribution is 2.38. The second kappa shape index (κ2) is 6.95. The number of nitrogens with zero attached hydrogens (tertiary/aromatic N) is 2. The zero-order valence-corrected chi connectivity index (χ0v) is 14.5. The molecule has 4 nitrogen and oxygen atoms in total. The van der Waals surface area contributed by atoms with Crippen LogP contribution in [0.2, 0.25) is 0 Å². The van der Waals surface area contributed by atoms with E-state index in [-0.39, 0.29) is 29.6 Å². The first kappa shape index (κ1) is 17.4. The van der Waals surface area contributed by atoms with Gasteiger partial charge in [-0.05, 0) is 42.2 Å². The molecular weight excluding hydrogens is 350 g/mol. The third kappa shape index (κ3) is 3.35. The highest BCUT2D eigenvalue weighted by atomic mass is 19.1. The van der Waals surface area contributed by atoms with Gasteiger partial charge in [0.2, 0.25) is 0 Å². The minimum atomic E-state index is -0.540. The lowest BCUT2D eigenvalue weighted by Crippen LogP contribution is -2.37. The van der Waals surface area contributed by atoms with Crippen molar-refractivity contribution in [2.75, 3.05) is 6.54 Å². The molecule has 1 fully saturated rings. The summed E-state index contributed by atoms with van der Waals surface area (Å²) in [4.78, 5) is 14.5. The Kier molecular flexibility index (Phi) is 4.48. The van der Waals surface area contributed by atoms with Gasteiger partial charge in [0.15, 0.2) is 0 Å². The van der Waals surface area contributed by atoms with Crippen LogP contribution in [0.4, 0.5) is 8.78 Å². The summed E-state index contributed by atoms with van der Waals surface area (Å²) in [5.41, 5.74) is 1.65. The summed E-state index contributed by atoms with van der Waals surface area (Å²) < 4.78 is 27.9. The van der Waals surface area contributed by atoms with Crippen molar-refractivity contribution in [3.63, 3.8) is 0 Å². The van der Waals surface area contributed by atoms with E-state index < -0.39 is 17.7 Å². The molecule has 2 aromatic rings. The molecule has 1 aliphatic carbocycles. The summed E-state index contributed by atoms with van der Waals surface area (Å²) in [6.07, 6.45) is 3.40. The molecular formula is C21H18F2N2O2. The van der Waals surface area contributed by atoms with Crippen LogP contribution in [0.25, 0.3) is 5.57 Å². The average Bonchev–Trinajstić information content (AvgIpc) is 3.42. The van der Waals surface area contributed by atoms with Crippen LogP contribution < -0.4 is 0 Å². The molecule has 1 amide bonds. The van der Waals surface area contributed by atoms with Gasteiger partial charge in [0.1, 0.15) is 17.3 Å². The molecule has 2 aliphatic rings. The standard InChI is InChI=1S/C21H18F2N2O2/c22-16-8-9-18(23)17(11-16)15-10-19(13-4-2-1-3-5-13)25(12-15)21(26)20(24-27)14-6-7-14/h1-5,8-11,14,19,27H,6-7,12H2/b24-20+/t19-/m0/s1. The lowest BCUT2D eigenvalue weighted by Gasteiger charge is -2.25. The quantitative estimate of drug-likeness (QED) is 0.500. The number of hydrogen-bond acceptors (Lipinski definition) is 3. The van der Waals surface area contributed by atoms with E-state index in [1.165, 1.54) is 0 Å². The SMILES string of the molecule is O=C(/C(=N/O)C1CC1)N1CC(c2cc(F)ccc2F)=C[C@H]1c1ccccc1. The van der Waals surface area contributed by atoms with E-state index in [1.54, 1.807) is 11.0 Å². The number of rotatable bonds is 4. The monoisotopic (exact) mass is 368 g/mol. The lowest BCUT2D eigenvalue weighted by atomic mass is 10.0. The van der Waals surface area contributed by atoms with Crippen molar-refractivity contribution in [2.24, 2.45) is 11.1 Å². The van der Waals surface area contributed by atoms with Gasteiger partial charge < -0.3 is 10.1 Å². The van der Waals surface area contributed by atoms with Crippen molar-refractivity contribution >= 4 is 17.2 Å². The summed E-state index contributed by atoms with van der Waals surface area (Å²) in [6.45, 7) is 0.116.